The molecule has 1 fully saturated rings. The number of hydrogen-bond donors (Lipinski definition) is 2. The average molecular weight is 759 g/mol. The molecular weight excluding hydrogens is 684 g/mol. The van der Waals surface area contributed by atoms with E-state index < -0.39 is 42.2 Å². The van der Waals surface area contributed by atoms with Gasteiger partial charge in [0.25, 0.3) is 0 Å². The van der Waals surface area contributed by atoms with Gasteiger partial charge in [-0.15, -0.1) is 0 Å². The first-order valence-corrected chi connectivity index (χ1v) is 20.2. The van der Waals surface area contributed by atoms with Crippen LogP contribution in [-0.4, -0.2) is 121 Å². The summed E-state index contributed by atoms with van der Waals surface area (Å²) in [6.45, 7) is 20.4. The van der Waals surface area contributed by atoms with Crippen molar-refractivity contribution in [1.29, 1.82) is 0 Å². The molecule has 0 spiro atoms. The van der Waals surface area contributed by atoms with Gasteiger partial charge in [0.15, 0.2) is 5.78 Å². The van der Waals surface area contributed by atoms with E-state index in [1.165, 1.54) is 0 Å². The predicted molar refractivity (Wildman–Crippen MR) is 215 cm³/mol. The minimum Gasteiger partial charge on any atom is -0.386 e. The third kappa shape index (κ3) is 12.1. The molecule has 0 radical (unpaired) electrons. The molecule has 54 heavy (non-hydrogen) atoms. The Hall–Kier alpha value is -2.86. The third-order valence-electron chi connectivity index (χ3n) is 12.0. The summed E-state index contributed by atoms with van der Waals surface area (Å²) < 4.78 is 12.0. The number of ketones is 1. The van der Waals surface area contributed by atoms with E-state index >= 15 is 0 Å². The molecule has 2 rings (SSSR count). The number of amides is 3. The van der Waals surface area contributed by atoms with Crippen LogP contribution in [0, 0.1) is 29.6 Å². The van der Waals surface area contributed by atoms with E-state index in [0.717, 1.165) is 12.8 Å². The summed E-state index contributed by atoms with van der Waals surface area (Å²) in [5.74, 6) is -1.50. The number of carbonyl (C=O) groups excluding carboxylic acids is 4. The van der Waals surface area contributed by atoms with Gasteiger partial charge in [0, 0.05) is 46.2 Å². The van der Waals surface area contributed by atoms with E-state index in [0.29, 0.717) is 18.5 Å². The molecule has 3 amide bonds. The van der Waals surface area contributed by atoms with Crippen molar-refractivity contribution in [2.75, 3.05) is 34.9 Å². The smallest absolute Gasteiger partial charge is 0.226 e. The highest BCUT2D eigenvalue weighted by atomic mass is 16.5. The maximum Gasteiger partial charge on any atom is 0.226 e. The zero-order chi connectivity index (χ0) is 41.0. The van der Waals surface area contributed by atoms with E-state index in [4.69, 9.17) is 9.47 Å². The van der Waals surface area contributed by atoms with Crippen molar-refractivity contribution in [1.82, 2.24) is 20.0 Å². The molecule has 0 saturated carbocycles. The molecule has 1 aromatic rings. The normalized spacial score (nSPS) is 20.0. The fourth-order valence-electron chi connectivity index (χ4n) is 8.28. The number of rotatable bonds is 22. The SMILES string of the molecule is CC[C@H](C)[C@@H](C(CC(=O)N1CCC[C@H]1[C@H](OC)[C@@H](C)C(=O)N[C@H](C)[C@@H](O)c1ccccc1)OC)N(C)C(=O)[C@@H](CC(=O)[C@H](C(C)C)N(C)C(C)C)C(C)C. The lowest BCUT2D eigenvalue weighted by atomic mass is 9.83. The number of Topliss-reactive ketones (excluding diaryl/α,β-unsaturated/α-hetero) is 1. The minimum absolute atomic E-state index is 0.00810. The van der Waals surface area contributed by atoms with Gasteiger partial charge in [-0.05, 0) is 64.0 Å². The molecule has 1 unspecified atom stereocenters. The molecule has 10 atom stereocenters. The number of methoxy groups -OCH3 is 2. The summed E-state index contributed by atoms with van der Waals surface area (Å²) in [7, 11) is 6.90. The van der Waals surface area contributed by atoms with Gasteiger partial charge in [-0.1, -0.05) is 85.2 Å². The average Bonchev–Trinajstić information content (AvgIpc) is 3.62. The second kappa shape index (κ2) is 22.0. The largest absolute Gasteiger partial charge is 0.386 e. The van der Waals surface area contributed by atoms with Gasteiger partial charge in [-0.2, -0.15) is 0 Å². The highest BCUT2D eigenvalue weighted by Gasteiger charge is 2.43. The Balaban J connectivity index is 2.27. The second-order valence-electron chi connectivity index (χ2n) is 16.7. The Morgan fingerprint density at radius 3 is 2.02 bits per heavy atom. The Labute approximate surface area is 326 Å². The fraction of sp³-hybridized carbons (Fsp3) is 0.767. The van der Waals surface area contributed by atoms with Crippen LogP contribution in [-0.2, 0) is 28.7 Å². The number of nitrogens with zero attached hydrogens (tertiary/aromatic N) is 3. The summed E-state index contributed by atoms with van der Waals surface area (Å²) in [6, 6.07) is 7.83. The first kappa shape index (κ1) is 47.3. The Bertz CT molecular complexity index is 1320. The number of likely N-dealkylation sites (N-methyl/N-ethyl adjacent to an activating group) is 2. The van der Waals surface area contributed by atoms with Crippen LogP contribution >= 0.6 is 0 Å². The Morgan fingerprint density at radius 2 is 1.52 bits per heavy atom. The lowest BCUT2D eigenvalue weighted by Crippen LogP contribution is -2.55. The van der Waals surface area contributed by atoms with E-state index in [9.17, 15) is 24.3 Å². The summed E-state index contributed by atoms with van der Waals surface area (Å²) in [4.78, 5) is 61.6. The lowest BCUT2D eigenvalue weighted by Gasteiger charge is -2.41. The molecule has 1 aliphatic heterocycles. The van der Waals surface area contributed by atoms with Crippen LogP contribution in [0.25, 0.3) is 0 Å². The molecule has 11 heteroatoms. The van der Waals surface area contributed by atoms with Crippen molar-refractivity contribution in [2.45, 2.75) is 150 Å². The monoisotopic (exact) mass is 759 g/mol. The van der Waals surface area contributed by atoms with Gasteiger partial charge >= 0.3 is 0 Å². The molecule has 0 aliphatic carbocycles. The molecule has 2 N–H and O–H groups in total. The van der Waals surface area contributed by atoms with Crippen LogP contribution in [0.15, 0.2) is 30.3 Å². The van der Waals surface area contributed by atoms with E-state index in [1.807, 2.05) is 70.0 Å². The number of aliphatic hydroxyl groups is 1. The summed E-state index contributed by atoms with van der Waals surface area (Å²) in [5.41, 5.74) is 0.715. The molecule has 0 aromatic heterocycles. The van der Waals surface area contributed by atoms with Crippen LogP contribution in [0.5, 0.6) is 0 Å². The standard InChI is InChI=1S/C43H74N4O7/c1-15-29(8)39(46(12)43(52)33(26(2)3)24-35(48)38(27(4)5)45(11)28(6)7)36(53-13)25-37(49)47-23-19-22-34(47)41(54-14)30(9)42(51)44-31(10)40(50)32-20-17-16-18-21-32/h16-18,20-21,26-31,33-34,36,38-41,50H,15,19,22-25H2,1-14H3,(H,44,51)/t29-,30+,31+,33-,34-,36?,38-,39-,40+,41+/m0/s1. The maximum atomic E-state index is 14.4. The second-order valence-corrected chi connectivity index (χ2v) is 16.7. The number of aliphatic hydroxyl groups excluding tert-OH is 1. The van der Waals surface area contributed by atoms with Crippen LogP contribution in [0.4, 0.5) is 0 Å². The first-order chi connectivity index (χ1) is 25.3. The van der Waals surface area contributed by atoms with Gasteiger partial charge in [-0.25, -0.2) is 0 Å². The number of benzene rings is 1. The zero-order valence-electron chi connectivity index (χ0n) is 35.9. The topological polar surface area (TPSA) is 129 Å². The van der Waals surface area contributed by atoms with Crippen LogP contribution in [0.1, 0.15) is 113 Å². The number of hydrogen-bond acceptors (Lipinski definition) is 8. The maximum absolute atomic E-state index is 14.4. The van der Waals surface area contributed by atoms with Gasteiger partial charge < -0.3 is 29.7 Å². The predicted octanol–water partition coefficient (Wildman–Crippen LogP) is 5.74. The van der Waals surface area contributed by atoms with Crippen molar-refractivity contribution >= 4 is 23.5 Å². The molecular formula is C43H74N4O7. The highest BCUT2D eigenvalue weighted by molar-refractivity contribution is 5.90. The Morgan fingerprint density at radius 1 is 0.907 bits per heavy atom. The molecule has 11 nitrogen and oxygen atoms in total. The van der Waals surface area contributed by atoms with Gasteiger partial charge in [0.2, 0.25) is 17.7 Å². The molecule has 1 saturated heterocycles. The van der Waals surface area contributed by atoms with E-state index in [1.54, 1.807) is 40.0 Å². The van der Waals surface area contributed by atoms with Crippen LogP contribution < -0.4 is 5.32 Å². The molecule has 1 aliphatic rings. The summed E-state index contributed by atoms with van der Waals surface area (Å²) in [5, 5.41) is 13.8. The highest BCUT2D eigenvalue weighted by Crippen LogP contribution is 2.31. The molecule has 1 aromatic carbocycles. The fourth-order valence-corrected chi connectivity index (χ4v) is 8.28. The van der Waals surface area contributed by atoms with Crippen LogP contribution in [0.2, 0.25) is 0 Å². The number of ether oxygens (including phenoxy) is 2. The van der Waals surface area contributed by atoms with Crippen molar-refractivity contribution in [2.24, 2.45) is 29.6 Å². The van der Waals surface area contributed by atoms with Crippen molar-refractivity contribution in [3.63, 3.8) is 0 Å². The molecule has 0 bridgehead atoms. The van der Waals surface area contributed by atoms with Crippen LogP contribution in [0.3, 0.4) is 0 Å². The van der Waals surface area contributed by atoms with Crippen molar-refractivity contribution in [3.05, 3.63) is 35.9 Å². The molecule has 1 heterocycles. The lowest BCUT2D eigenvalue weighted by molar-refractivity contribution is -0.149. The minimum atomic E-state index is -0.873. The quantitative estimate of drug-likeness (QED) is 0.153. The third-order valence-corrected chi connectivity index (χ3v) is 12.0. The van der Waals surface area contributed by atoms with Gasteiger partial charge in [-0.3, -0.25) is 24.1 Å². The number of nitrogens with one attached hydrogen (secondary N) is 1. The number of carbonyl (C=O) groups is 4. The van der Waals surface area contributed by atoms with E-state index in [-0.39, 0.29) is 72.2 Å². The van der Waals surface area contributed by atoms with Crippen molar-refractivity contribution in [3.8, 4) is 0 Å². The summed E-state index contributed by atoms with van der Waals surface area (Å²) in [6.07, 6.45) is 0.380. The van der Waals surface area contributed by atoms with Gasteiger partial charge in [0.05, 0.1) is 54.8 Å². The van der Waals surface area contributed by atoms with E-state index in [2.05, 4.69) is 37.9 Å². The summed E-state index contributed by atoms with van der Waals surface area (Å²) >= 11 is 0. The number of likely N-dealkylation sites (tertiary alicyclic amines) is 1. The van der Waals surface area contributed by atoms with Gasteiger partial charge in [0.1, 0.15) is 0 Å². The first-order valence-electron chi connectivity index (χ1n) is 20.2. The van der Waals surface area contributed by atoms with Crippen molar-refractivity contribution < 1.29 is 33.8 Å². The Kier molecular flexibility index (Phi) is 19.3. The molecule has 308 valence electrons. The zero-order valence-corrected chi connectivity index (χ0v) is 35.9.